The topological polar surface area (TPSA) is 26.7 Å². The highest BCUT2D eigenvalue weighted by Crippen LogP contribution is 2.48. The van der Waals surface area contributed by atoms with Gasteiger partial charge in [-0.2, -0.15) is 0 Å². The standard InChI is InChI=1S/C11H12N2OS/c1-8-6-12-9-4-2-3-5-10(9)15-11(12)13(8)7-14/h2-6,11,14H,7H2,1H3/t11-/m1/s1. The average Bonchev–Trinajstić information content (AvgIpc) is 2.72. The lowest BCUT2D eigenvalue weighted by Gasteiger charge is -2.25. The molecule has 0 amide bonds. The number of anilines is 1. The fourth-order valence-corrected chi connectivity index (χ4v) is 3.36. The van der Waals surface area contributed by atoms with Gasteiger partial charge in [-0.1, -0.05) is 23.9 Å². The second-order valence-corrected chi connectivity index (χ2v) is 4.80. The first-order valence-corrected chi connectivity index (χ1v) is 5.79. The van der Waals surface area contributed by atoms with Gasteiger partial charge in [-0.25, -0.2) is 0 Å². The van der Waals surface area contributed by atoms with Crippen molar-refractivity contribution in [3.05, 3.63) is 36.2 Å². The average molecular weight is 220 g/mol. The fraction of sp³-hybridized carbons (Fsp3) is 0.273. The van der Waals surface area contributed by atoms with E-state index >= 15 is 0 Å². The van der Waals surface area contributed by atoms with E-state index in [1.165, 1.54) is 10.6 Å². The van der Waals surface area contributed by atoms with Gasteiger partial charge in [-0.05, 0) is 19.1 Å². The minimum Gasteiger partial charge on any atom is -0.376 e. The van der Waals surface area contributed by atoms with E-state index in [-0.39, 0.29) is 12.2 Å². The summed E-state index contributed by atoms with van der Waals surface area (Å²) in [5.74, 6) is 0. The quantitative estimate of drug-likeness (QED) is 0.783. The Bertz CT molecular complexity index is 432. The molecule has 0 aliphatic carbocycles. The number of para-hydroxylation sites is 1. The van der Waals surface area contributed by atoms with Crippen LogP contribution in [0.1, 0.15) is 6.92 Å². The number of allylic oxidation sites excluding steroid dienone is 1. The lowest BCUT2D eigenvalue weighted by molar-refractivity contribution is 0.141. The molecule has 0 unspecified atom stereocenters. The first kappa shape index (κ1) is 9.12. The van der Waals surface area contributed by atoms with Crippen LogP contribution in [-0.4, -0.2) is 22.2 Å². The van der Waals surface area contributed by atoms with Crippen molar-refractivity contribution < 1.29 is 5.11 Å². The maximum atomic E-state index is 9.31. The van der Waals surface area contributed by atoms with Gasteiger partial charge < -0.3 is 14.9 Å². The smallest absolute Gasteiger partial charge is 0.160 e. The van der Waals surface area contributed by atoms with Gasteiger partial charge in [0.2, 0.25) is 0 Å². The van der Waals surface area contributed by atoms with Crippen LogP contribution >= 0.6 is 11.8 Å². The van der Waals surface area contributed by atoms with Crippen LogP contribution < -0.4 is 4.90 Å². The van der Waals surface area contributed by atoms with Gasteiger partial charge in [0, 0.05) is 16.8 Å². The van der Waals surface area contributed by atoms with Crippen molar-refractivity contribution in [2.45, 2.75) is 17.3 Å². The van der Waals surface area contributed by atoms with Crippen molar-refractivity contribution in [1.82, 2.24) is 4.90 Å². The van der Waals surface area contributed by atoms with Gasteiger partial charge in [0.05, 0.1) is 5.69 Å². The zero-order valence-corrected chi connectivity index (χ0v) is 9.24. The third-order valence-electron chi connectivity index (χ3n) is 2.81. The lowest BCUT2D eigenvalue weighted by Crippen LogP contribution is -2.34. The maximum Gasteiger partial charge on any atom is 0.160 e. The number of thioether (sulfide) groups is 1. The number of hydrogen-bond acceptors (Lipinski definition) is 4. The predicted octanol–water partition coefficient (Wildman–Crippen LogP) is 2.01. The van der Waals surface area contributed by atoms with Crippen molar-refractivity contribution in [1.29, 1.82) is 0 Å². The monoisotopic (exact) mass is 220 g/mol. The SMILES string of the molecule is CC1=CN2c3ccccc3S[C@H]2N1CO. The molecule has 1 aromatic rings. The van der Waals surface area contributed by atoms with Gasteiger partial charge in [0.25, 0.3) is 0 Å². The summed E-state index contributed by atoms with van der Waals surface area (Å²) < 4.78 is 0. The van der Waals surface area contributed by atoms with Crippen LogP contribution in [0.25, 0.3) is 0 Å². The minimum atomic E-state index is 0.0739. The van der Waals surface area contributed by atoms with Crippen LogP contribution in [0.2, 0.25) is 0 Å². The zero-order chi connectivity index (χ0) is 10.4. The maximum absolute atomic E-state index is 9.31. The third-order valence-corrected chi connectivity index (χ3v) is 4.10. The molecule has 1 aromatic carbocycles. The Balaban J connectivity index is 2.04. The van der Waals surface area contributed by atoms with E-state index in [2.05, 4.69) is 23.2 Å². The second kappa shape index (κ2) is 3.18. The molecular weight excluding hydrogens is 208 g/mol. The molecule has 3 rings (SSSR count). The molecule has 0 aromatic heterocycles. The van der Waals surface area contributed by atoms with Gasteiger partial charge in [0.1, 0.15) is 6.73 Å². The van der Waals surface area contributed by atoms with Crippen LogP contribution in [0.4, 0.5) is 5.69 Å². The Hall–Kier alpha value is -1.13. The molecule has 2 aliphatic rings. The first-order chi connectivity index (χ1) is 7.31. The van der Waals surface area contributed by atoms with Gasteiger partial charge in [-0.3, -0.25) is 0 Å². The molecule has 0 fully saturated rings. The molecule has 0 bridgehead atoms. The van der Waals surface area contributed by atoms with E-state index in [4.69, 9.17) is 0 Å². The Morgan fingerprint density at radius 3 is 3.00 bits per heavy atom. The molecule has 0 radical (unpaired) electrons. The van der Waals surface area contributed by atoms with Crippen molar-refractivity contribution in [3.63, 3.8) is 0 Å². The van der Waals surface area contributed by atoms with Crippen molar-refractivity contribution >= 4 is 17.4 Å². The summed E-state index contributed by atoms with van der Waals surface area (Å²) >= 11 is 1.78. The number of aliphatic hydroxyl groups is 1. The Kier molecular flexibility index (Phi) is 1.94. The number of aliphatic hydroxyl groups excluding tert-OH is 1. The summed E-state index contributed by atoms with van der Waals surface area (Å²) in [5.41, 5.74) is 2.56. The minimum absolute atomic E-state index is 0.0739. The summed E-state index contributed by atoms with van der Waals surface area (Å²) in [6.07, 6.45) is 2.10. The molecule has 15 heavy (non-hydrogen) atoms. The summed E-state index contributed by atoms with van der Waals surface area (Å²) in [6.45, 7) is 2.10. The largest absolute Gasteiger partial charge is 0.376 e. The predicted molar refractivity (Wildman–Crippen MR) is 61.2 cm³/mol. The highest BCUT2D eigenvalue weighted by Gasteiger charge is 2.37. The van der Waals surface area contributed by atoms with Crippen LogP contribution in [0.5, 0.6) is 0 Å². The number of benzene rings is 1. The first-order valence-electron chi connectivity index (χ1n) is 4.91. The molecule has 0 saturated heterocycles. The van der Waals surface area contributed by atoms with E-state index in [0.29, 0.717) is 0 Å². The van der Waals surface area contributed by atoms with Crippen molar-refractivity contribution in [3.8, 4) is 0 Å². The van der Waals surface area contributed by atoms with E-state index in [1.807, 2.05) is 24.0 Å². The van der Waals surface area contributed by atoms with Gasteiger partial charge >= 0.3 is 0 Å². The second-order valence-electron chi connectivity index (χ2n) is 3.70. The molecule has 1 atom stereocenters. The van der Waals surface area contributed by atoms with Gasteiger partial charge in [-0.15, -0.1) is 0 Å². The van der Waals surface area contributed by atoms with E-state index in [9.17, 15) is 5.11 Å². The normalized spacial score (nSPS) is 22.8. The lowest BCUT2D eigenvalue weighted by atomic mass is 10.3. The third kappa shape index (κ3) is 1.18. The van der Waals surface area contributed by atoms with Crippen LogP contribution in [0.3, 0.4) is 0 Å². The number of fused-ring (bicyclic) bond motifs is 3. The van der Waals surface area contributed by atoms with E-state index in [1.54, 1.807) is 11.8 Å². The summed E-state index contributed by atoms with van der Waals surface area (Å²) in [4.78, 5) is 5.49. The number of nitrogens with zero attached hydrogens (tertiary/aromatic N) is 2. The van der Waals surface area contributed by atoms with Crippen molar-refractivity contribution in [2.24, 2.45) is 0 Å². The van der Waals surface area contributed by atoms with E-state index < -0.39 is 0 Å². The molecule has 3 nitrogen and oxygen atoms in total. The molecule has 0 saturated carbocycles. The van der Waals surface area contributed by atoms with Gasteiger partial charge in [0.15, 0.2) is 5.50 Å². The molecule has 0 spiro atoms. The Labute approximate surface area is 93.0 Å². The molecule has 78 valence electrons. The number of rotatable bonds is 1. The Morgan fingerprint density at radius 2 is 2.20 bits per heavy atom. The number of hydrogen-bond donors (Lipinski definition) is 1. The summed E-state index contributed by atoms with van der Waals surface area (Å²) in [7, 11) is 0. The molecule has 2 heterocycles. The molecular formula is C11H12N2OS. The van der Waals surface area contributed by atoms with Crippen LogP contribution in [0.15, 0.2) is 41.1 Å². The molecule has 1 N–H and O–H groups in total. The van der Waals surface area contributed by atoms with Crippen LogP contribution in [0, 0.1) is 0 Å². The summed E-state index contributed by atoms with van der Waals surface area (Å²) in [5, 5.41) is 9.31. The highest BCUT2D eigenvalue weighted by atomic mass is 32.2. The Morgan fingerprint density at radius 1 is 1.40 bits per heavy atom. The van der Waals surface area contributed by atoms with Crippen molar-refractivity contribution in [2.75, 3.05) is 11.6 Å². The molecule has 2 aliphatic heterocycles. The van der Waals surface area contributed by atoms with E-state index in [0.717, 1.165) is 5.70 Å². The van der Waals surface area contributed by atoms with Crippen LogP contribution in [-0.2, 0) is 0 Å². The molecule has 4 heteroatoms. The highest BCUT2D eigenvalue weighted by molar-refractivity contribution is 8.00. The fourth-order valence-electron chi connectivity index (χ4n) is 2.04. The summed E-state index contributed by atoms with van der Waals surface area (Å²) in [6, 6.07) is 8.34. The zero-order valence-electron chi connectivity index (χ0n) is 8.42.